The van der Waals surface area contributed by atoms with E-state index in [1.54, 1.807) is 0 Å². The summed E-state index contributed by atoms with van der Waals surface area (Å²) in [7, 11) is 6.34. The van der Waals surface area contributed by atoms with Gasteiger partial charge in [0, 0.05) is 6.54 Å². The smallest absolute Gasteiger partial charge is 0.195 e. The highest BCUT2D eigenvalue weighted by Gasteiger charge is 2.01. The van der Waals surface area contributed by atoms with E-state index in [2.05, 4.69) is 46.3 Å². The van der Waals surface area contributed by atoms with Gasteiger partial charge in [0.2, 0.25) is 0 Å². The minimum Gasteiger partial charge on any atom is -0.370 e. The molecule has 0 saturated heterocycles. The van der Waals surface area contributed by atoms with Crippen molar-refractivity contribution < 1.29 is 0 Å². The summed E-state index contributed by atoms with van der Waals surface area (Å²) >= 11 is 0. The molecule has 18 heavy (non-hydrogen) atoms. The van der Waals surface area contributed by atoms with Gasteiger partial charge in [-0.2, -0.15) is 0 Å². The lowest BCUT2D eigenvalue weighted by molar-refractivity contribution is 0.842. The molecule has 0 amide bonds. The first kappa shape index (κ1) is 14.2. The van der Waals surface area contributed by atoms with E-state index in [-0.39, 0.29) is 11.9 Å². The molecule has 0 aromatic heterocycles. The SMILES string of the molecule is Bc1cc(CCNC(=N)NC(=N)N)cc(B)c1B. The van der Waals surface area contributed by atoms with E-state index < -0.39 is 0 Å². The lowest BCUT2D eigenvalue weighted by atomic mass is 9.71. The molecule has 0 aliphatic carbocycles. The van der Waals surface area contributed by atoms with Gasteiger partial charge in [0.25, 0.3) is 0 Å². The fraction of sp³-hybridized carbons (Fsp3) is 0.200. The van der Waals surface area contributed by atoms with E-state index in [9.17, 15) is 0 Å². The Morgan fingerprint density at radius 2 is 1.72 bits per heavy atom. The molecule has 1 rings (SSSR count). The van der Waals surface area contributed by atoms with Crippen LogP contribution < -0.4 is 32.8 Å². The zero-order chi connectivity index (χ0) is 13.7. The van der Waals surface area contributed by atoms with Crippen LogP contribution in [0.3, 0.4) is 0 Å². The lowest BCUT2D eigenvalue weighted by Gasteiger charge is -2.11. The Bertz CT molecular complexity index is 452. The first-order valence-corrected chi connectivity index (χ1v) is 5.90. The van der Waals surface area contributed by atoms with Crippen molar-refractivity contribution in [3.63, 3.8) is 0 Å². The maximum absolute atomic E-state index is 7.46. The van der Waals surface area contributed by atoms with Gasteiger partial charge in [0.05, 0.1) is 0 Å². The van der Waals surface area contributed by atoms with Crippen molar-refractivity contribution in [2.24, 2.45) is 5.73 Å². The van der Waals surface area contributed by atoms with Crippen LogP contribution in [0.2, 0.25) is 0 Å². The van der Waals surface area contributed by atoms with Gasteiger partial charge in [-0.3, -0.25) is 16.1 Å². The standard InChI is InChI=1S/C10H18B3N5/c11-6-3-5(4-7(12)8(6)13)1-2-17-10(16)18-9(14)15/h3-4H,1-2,11-13H2,(H6,14,15,16,17,18). The first-order chi connectivity index (χ1) is 8.40. The predicted octanol–water partition coefficient (Wildman–Crippen LogP) is -4.99. The molecule has 0 bridgehead atoms. The van der Waals surface area contributed by atoms with Gasteiger partial charge in [-0.05, 0) is 12.0 Å². The summed E-state index contributed by atoms with van der Waals surface area (Å²) in [4.78, 5) is 0. The second-order valence-electron chi connectivity index (χ2n) is 4.45. The fourth-order valence-electron chi connectivity index (χ4n) is 1.78. The van der Waals surface area contributed by atoms with Gasteiger partial charge < -0.3 is 11.1 Å². The first-order valence-electron chi connectivity index (χ1n) is 5.90. The summed E-state index contributed by atoms with van der Waals surface area (Å²) in [5.41, 5.74) is 10.3. The maximum Gasteiger partial charge on any atom is 0.195 e. The normalized spacial score (nSPS) is 9.78. The van der Waals surface area contributed by atoms with Gasteiger partial charge in [-0.1, -0.05) is 23.1 Å². The molecular weight excluding hydrogens is 223 g/mol. The molecule has 0 radical (unpaired) electrons. The molecule has 0 heterocycles. The van der Waals surface area contributed by atoms with E-state index in [4.69, 9.17) is 16.6 Å². The van der Waals surface area contributed by atoms with Crippen molar-refractivity contribution in [3.8, 4) is 0 Å². The van der Waals surface area contributed by atoms with Crippen LogP contribution in [0.1, 0.15) is 5.56 Å². The Morgan fingerprint density at radius 1 is 1.17 bits per heavy atom. The second kappa shape index (κ2) is 6.19. The van der Waals surface area contributed by atoms with Crippen molar-refractivity contribution in [1.82, 2.24) is 10.6 Å². The number of nitrogens with one attached hydrogen (secondary N) is 4. The van der Waals surface area contributed by atoms with Crippen LogP contribution >= 0.6 is 0 Å². The fourth-order valence-corrected chi connectivity index (χ4v) is 1.78. The minimum atomic E-state index is -0.227. The van der Waals surface area contributed by atoms with Gasteiger partial charge >= 0.3 is 0 Å². The topological polar surface area (TPSA) is 97.8 Å². The zero-order valence-electron chi connectivity index (χ0n) is 11.1. The summed E-state index contributed by atoms with van der Waals surface area (Å²) < 4.78 is 0. The Kier molecular flexibility index (Phi) is 4.89. The van der Waals surface area contributed by atoms with Crippen LogP contribution in [-0.4, -0.2) is 42.0 Å². The van der Waals surface area contributed by atoms with Crippen molar-refractivity contribution >= 4 is 51.8 Å². The van der Waals surface area contributed by atoms with Crippen LogP contribution in [-0.2, 0) is 6.42 Å². The number of nitrogens with two attached hydrogens (primary N) is 1. The van der Waals surface area contributed by atoms with Crippen LogP contribution in [0, 0.1) is 10.8 Å². The third-order valence-corrected chi connectivity index (χ3v) is 2.96. The average Bonchev–Trinajstić information content (AvgIpc) is 2.24. The molecule has 0 spiro atoms. The molecule has 92 valence electrons. The van der Waals surface area contributed by atoms with E-state index in [1.165, 1.54) is 22.0 Å². The third kappa shape index (κ3) is 4.20. The van der Waals surface area contributed by atoms with Crippen LogP contribution in [0.25, 0.3) is 0 Å². The van der Waals surface area contributed by atoms with E-state index in [0.29, 0.717) is 6.54 Å². The summed E-state index contributed by atoms with van der Waals surface area (Å²) in [6, 6.07) is 4.35. The number of benzene rings is 1. The zero-order valence-corrected chi connectivity index (χ0v) is 11.1. The molecule has 1 aromatic rings. The number of hydrogen-bond donors (Lipinski definition) is 5. The van der Waals surface area contributed by atoms with Crippen LogP contribution in [0.15, 0.2) is 12.1 Å². The molecule has 6 N–H and O–H groups in total. The van der Waals surface area contributed by atoms with Crippen molar-refractivity contribution in [2.75, 3.05) is 6.54 Å². The van der Waals surface area contributed by atoms with Crippen molar-refractivity contribution in [1.29, 1.82) is 10.8 Å². The maximum atomic E-state index is 7.46. The van der Waals surface area contributed by atoms with Gasteiger partial charge in [0.1, 0.15) is 23.5 Å². The quantitative estimate of drug-likeness (QED) is 0.208. The molecule has 0 unspecified atom stereocenters. The predicted molar refractivity (Wildman–Crippen MR) is 85.5 cm³/mol. The summed E-state index contributed by atoms with van der Waals surface area (Å²) in [6.07, 6.45) is 0.837. The number of hydrogen-bond acceptors (Lipinski definition) is 2. The molecule has 0 saturated carbocycles. The Labute approximate surface area is 110 Å². The largest absolute Gasteiger partial charge is 0.370 e. The molecule has 8 heteroatoms. The van der Waals surface area contributed by atoms with Crippen molar-refractivity contribution in [2.45, 2.75) is 6.42 Å². The molecule has 0 aliphatic heterocycles. The molecule has 0 fully saturated rings. The van der Waals surface area contributed by atoms with E-state index >= 15 is 0 Å². The third-order valence-electron chi connectivity index (χ3n) is 2.96. The molecule has 5 nitrogen and oxygen atoms in total. The molecule has 0 atom stereocenters. The van der Waals surface area contributed by atoms with Gasteiger partial charge in [-0.15, -0.1) is 5.46 Å². The monoisotopic (exact) mass is 241 g/mol. The molecule has 0 aliphatic rings. The molecular formula is C10H18B3N5. The Hall–Kier alpha value is -1.85. The lowest BCUT2D eigenvalue weighted by Crippen LogP contribution is -2.44. The Morgan fingerprint density at radius 3 is 2.22 bits per heavy atom. The highest BCUT2D eigenvalue weighted by atomic mass is 15.2. The molecule has 1 aromatic carbocycles. The van der Waals surface area contributed by atoms with E-state index in [0.717, 1.165) is 6.42 Å². The summed E-state index contributed by atoms with van der Waals surface area (Å²) in [5.74, 6) is -0.169. The number of rotatable bonds is 3. The van der Waals surface area contributed by atoms with Gasteiger partial charge in [0.15, 0.2) is 11.9 Å². The van der Waals surface area contributed by atoms with Crippen LogP contribution in [0.4, 0.5) is 0 Å². The Balaban J connectivity index is 2.49. The summed E-state index contributed by atoms with van der Waals surface area (Å²) in [6.45, 7) is 0.640. The number of guanidine groups is 2. The van der Waals surface area contributed by atoms with E-state index in [1.807, 2.05) is 0 Å². The summed E-state index contributed by atoms with van der Waals surface area (Å²) in [5, 5.41) is 19.7. The van der Waals surface area contributed by atoms with Crippen LogP contribution in [0.5, 0.6) is 0 Å². The van der Waals surface area contributed by atoms with Gasteiger partial charge in [-0.25, -0.2) is 0 Å². The average molecular weight is 241 g/mol. The highest BCUT2D eigenvalue weighted by Crippen LogP contribution is 1.93. The van der Waals surface area contributed by atoms with Crippen molar-refractivity contribution in [3.05, 3.63) is 17.7 Å². The minimum absolute atomic E-state index is 0.0584. The highest BCUT2D eigenvalue weighted by molar-refractivity contribution is 6.57. The second-order valence-corrected chi connectivity index (χ2v) is 4.45.